The van der Waals surface area contributed by atoms with E-state index in [-0.39, 0.29) is 10.1 Å². The quantitative estimate of drug-likeness (QED) is 0.506. The van der Waals surface area contributed by atoms with Gasteiger partial charge in [-0.25, -0.2) is 8.42 Å². The van der Waals surface area contributed by atoms with E-state index >= 15 is 0 Å². The van der Waals surface area contributed by atoms with Crippen molar-refractivity contribution >= 4 is 44.5 Å². The molecule has 0 atom stereocenters. The molecular weight excluding hydrogens is 434 g/mol. The number of benzene rings is 2. The summed E-state index contributed by atoms with van der Waals surface area (Å²) in [4.78, 5) is 25.0. The number of anilines is 2. The minimum Gasteiger partial charge on any atom is -0.349 e. The lowest BCUT2D eigenvalue weighted by Gasteiger charge is -2.18. The number of hydrogen-bond acceptors (Lipinski definition) is 5. The van der Waals surface area contributed by atoms with Gasteiger partial charge in [-0.2, -0.15) is 0 Å². The fraction of sp³-hybridized carbons (Fsp3) is 0.0909. The highest BCUT2D eigenvalue weighted by atomic mass is 32.2. The molecule has 0 unspecified atom stereocenters. The third kappa shape index (κ3) is 5.01. The van der Waals surface area contributed by atoms with E-state index in [1.165, 1.54) is 23.5 Å². The Morgan fingerprint density at radius 3 is 2.39 bits per heavy atom. The summed E-state index contributed by atoms with van der Waals surface area (Å²) in [5.74, 6) is -0.745. The van der Waals surface area contributed by atoms with Crippen LogP contribution in [-0.2, 0) is 10.0 Å². The van der Waals surface area contributed by atoms with Crippen LogP contribution in [-0.4, -0.2) is 33.8 Å². The van der Waals surface area contributed by atoms with Crippen LogP contribution in [0.2, 0.25) is 0 Å². The number of carbonyl (C=O) groups is 2. The minimum atomic E-state index is -3.65. The van der Waals surface area contributed by atoms with E-state index in [4.69, 9.17) is 0 Å². The Morgan fingerprint density at radius 1 is 1.03 bits per heavy atom. The number of nitrogens with zero attached hydrogens (tertiary/aromatic N) is 1. The maximum Gasteiger partial charge on any atom is 0.273 e. The number of hydrogen-bond donors (Lipinski definition) is 2. The third-order valence-electron chi connectivity index (χ3n) is 4.43. The number of para-hydroxylation sites is 1. The Labute approximate surface area is 185 Å². The summed E-state index contributed by atoms with van der Waals surface area (Å²) in [5, 5.41) is 7.11. The molecule has 1 heterocycles. The average molecular weight is 456 g/mol. The number of thiophene rings is 1. The minimum absolute atomic E-state index is 0.239. The van der Waals surface area contributed by atoms with Crippen LogP contribution in [0.4, 0.5) is 11.4 Å². The molecule has 31 heavy (non-hydrogen) atoms. The molecule has 0 saturated heterocycles. The van der Waals surface area contributed by atoms with Crippen molar-refractivity contribution in [1.29, 1.82) is 0 Å². The lowest BCUT2D eigenvalue weighted by molar-refractivity contribution is 0.0959. The van der Waals surface area contributed by atoms with E-state index < -0.39 is 15.9 Å². The summed E-state index contributed by atoms with van der Waals surface area (Å²) in [6.45, 7) is 3.87. The van der Waals surface area contributed by atoms with Gasteiger partial charge in [0.15, 0.2) is 0 Å². The van der Waals surface area contributed by atoms with Crippen LogP contribution in [0.25, 0.3) is 0 Å². The number of rotatable bonds is 8. The van der Waals surface area contributed by atoms with Crippen molar-refractivity contribution in [2.45, 2.75) is 4.21 Å². The van der Waals surface area contributed by atoms with Gasteiger partial charge in [0.25, 0.3) is 21.8 Å². The van der Waals surface area contributed by atoms with Crippen LogP contribution in [0.5, 0.6) is 0 Å². The lowest BCUT2D eigenvalue weighted by atomic mass is 10.1. The van der Waals surface area contributed by atoms with Gasteiger partial charge in [-0.05, 0) is 47.8 Å². The van der Waals surface area contributed by atoms with Gasteiger partial charge in [0.2, 0.25) is 0 Å². The summed E-state index contributed by atoms with van der Waals surface area (Å²) < 4.78 is 26.7. The predicted molar refractivity (Wildman–Crippen MR) is 123 cm³/mol. The van der Waals surface area contributed by atoms with Crippen molar-refractivity contribution in [3.05, 3.63) is 89.8 Å². The van der Waals surface area contributed by atoms with Gasteiger partial charge >= 0.3 is 0 Å². The van der Waals surface area contributed by atoms with Gasteiger partial charge in [-0.1, -0.05) is 24.3 Å². The first-order valence-electron chi connectivity index (χ1n) is 9.26. The van der Waals surface area contributed by atoms with E-state index in [0.717, 1.165) is 11.3 Å². The molecule has 2 N–H and O–H groups in total. The molecule has 160 valence electrons. The van der Waals surface area contributed by atoms with E-state index in [2.05, 4.69) is 17.2 Å². The average Bonchev–Trinajstić information content (AvgIpc) is 3.33. The molecule has 3 rings (SSSR count). The molecular formula is C22H21N3O4S2. The number of nitrogens with one attached hydrogen (secondary N) is 2. The number of sulfonamides is 1. The fourth-order valence-corrected chi connectivity index (χ4v) is 5.11. The van der Waals surface area contributed by atoms with Crippen LogP contribution < -0.4 is 14.9 Å². The Hall–Kier alpha value is -3.43. The van der Waals surface area contributed by atoms with Crippen LogP contribution in [0, 0.1) is 0 Å². The maximum atomic E-state index is 12.7. The highest BCUT2D eigenvalue weighted by Gasteiger charge is 2.22. The molecule has 0 aliphatic heterocycles. The third-order valence-corrected chi connectivity index (χ3v) is 7.59. The second-order valence-corrected chi connectivity index (χ2v) is 9.59. The van der Waals surface area contributed by atoms with Crippen LogP contribution in [0.3, 0.4) is 0 Å². The van der Waals surface area contributed by atoms with Crippen molar-refractivity contribution in [2.24, 2.45) is 0 Å². The zero-order valence-corrected chi connectivity index (χ0v) is 18.4. The largest absolute Gasteiger partial charge is 0.349 e. The molecule has 1 aromatic heterocycles. The highest BCUT2D eigenvalue weighted by Crippen LogP contribution is 2.25. The van der Waals surface area contributed by atoms with E-state index in [9.17, 15) is 18.0 Å². The summed E-state index contributed by atoms with van der Waals surface area (Å²) in [5.41, 5.74) is 1.45. The van der Waals surface area contributed by atoms with Crippen molar-refractivity contribution in [3.8, 4) is 0 Å². The molecule has 0 bridgehead atoms. The molecule has 0 radical (unpaired) electrons. The van der Waals surface area contributed by atoms with Gasteiger partial charge in [-0.3, -0.25) is 13.9 Å². The Bertz CT molecular complexity index is 1190. The molecule has 0 spiro atoms. The Balaban J connectivity index is 1.76. The van der Waals surface area contributed by atoms with Gasteiger partial charge in [-0.15, -0.1) is 17.9 Å². The molecule has 0 aliphatic rings. The first-order chi connectivity index (χ1) is 14.8. The zero-order valence-electron chi connectivity index (χ0n) is 16.7. The van der Waals surface area contributed by atoms with Gasteiger partial charge in [0.05, 0.1) is 16.9 Å². The highest BCUT2D eigenvalue weighted by molar-refractivity contribution is 7.94. The summed E-state index contributed by atoms with van der Waals surface area (Å²) in [6, 6.07) is 16.1. The van der Waals surface area contributed by atoms with Crippen LogP contribution in [0.1, 0.15) is 20.7 Å². The number of amides is 2. The molecule has 9 heteroatoms. The maximum absolute atomic E-state index is 12.7. The van der Waals surface area contributed by atoms with E-state index in [0.29, 0.717) is 29.0 Å². The van der Waals surface area contributed by atoms with Gasteiger partial charge in [0.1, 0.15) is 4.21 Å². The molecule has 2 amide bonds. The summed E-state index contributed by atoms with van der Waals surface area (Å²) in [6.07, 6.45) is 1.57. The van der Waals surface area contributed by atoms with Gasteiger partial charge in [0, 0.05) is 19.2 Å². The monoisotopic (exact) mass is 455 g/mol. The van der Waals surface area contributed by atoms with Crippen LogP contribution in [0.15, 0.2) is 82.9 Å². The van der Waals surface area contributed by atoms with E-state index in [1.807, 2.05) is 0 Å². The Kier molecular flexibility index (Phi) is 6.88. The van der Waals surface area contributed by atoms with Crippen LogP contribution >= 0.6 is 11.3 Å². The lowest BCUT2D eigenvalue weighted by Crippen LogP contribution is -2.26. The van der Waals surface area contributed by atoms with E-state index in [1.54, 1.807) is 60.0 Å². The smallest absolute Gasteiger partial charge is 0.273 e. The second-order valence-electron chi connectivity index (χ2n) is 6.45. The van der Waals surface area contributed by atoms with Crippen molar-refractivity contribution in [1.82, 2.24) is 5.32 Å². The molecule has 0 aliphatic carbocycles. The van der Waals surface area contributed by atoms with Crippen molar-refractivity contribution < 1.29 is 18.0 Å². The first-order valence-corrected chi connectivity index (χ1v) is 11.6. The summed E-state index contributed by atoms with van der Waals surface area (Å²) in [7, 11) is -2.19. The topological polar surface area (TPSA) is 95.6 Å². The van der Waals surface area contributed by atoms with Gasteiger partial charge < -0.3 is 10.6 Å². The summed E-state index contributed by atoms with van der Waals surface area (Å²) >= 11 is 1.14. The molecule has 0 saturated carbocycles. The standard InChI is InChI=1S/C22H21N3O4S2/c1-3-14-23-22(27)18-7-4-5-8-19(18)24-21(26)16-10-12-17(13-11-16)25(2)31(28,29)20-9-6-15-30-20/h3-13,15H,1,14H2,2H3,(H,23,27)(H,24,26). The van der Waals surface area contributed by atoms with Crippen molar-refractivity contribution in [2.75, 3.05) is 23.2 Å². The number of carbonyl (C=O) groups excluding carboxylic acids is 2. The normalized spacial score (nSPS) is 10.9. The molecule has 0 fully saturated rings. The first kappa shape index (κ1) is 22.3. The predicted octanol–water partition coefficient (Wildman–Crippen LogP) is 3.74. The zero-order chi connectivity index (χ0) is 22.4. The SMILES string of the molecule is C=CCNC(=O)c1ccccc1NC(=O)c1ccc(N(C)S(=O)(=O)c2cccs2)cc1. The molecule has 3 aromatic rings. The fourth-order valence-electron chi connectivity index (χ4n) is 2.75. The Morgan fingerprint density at radius 2 is 1.74 bits per heavy atom. The molecule has 7 nitrogen and oxygen atoms in total. The second kappa shape index (κ2) is 9.59. The molecule has 2 aromatic carbocycles. The van der Waals surface area contributed by atoms with Crippen molar-refractivity contribution in [3.63, 3.8) is 0 Å².